The zero-order valence-corrected chi connectivity index (χ0v) is 8.17. The van der Waals surface area contributed by atoms with E-state index >= 15 is 0 Å². The molecule has 0 aliphatic rings. The van der Waals surface area contributed by atoms with E-state index in [1.54, 1.807) is 11.3 Å². The number of anilines is 1. The lowest BCUT2D eigenvalue weighted by molar-refractivity contribution is 1.07. The summed E-state index contributed by atoms with van der Waals surface area (Å²) in [6, 6.07) is 5.46. The Labute approximate surface area is 84.6 Å². The molecule has 2 aromatic rings. The van der Waals surface area contributed by atoms with Crippen LogP contribution in [0, 0.1) is 0 Å². The Morgan fingerprint density at radius 2 is 2.50 bits per heavy atom. The number of aromatic nitrogens is 2. The lowest BCUT2D eigenvalue weighted by Crippen LogP contribution is -2.08. The summed E-state index contributed by atoms with van der Waals surface area (Å²) < 4.78 is 0. The highest BCUT2D eigenvalue weighted by Crippen LogP contribution is 2.09. The first-order valence-corrected chi connectivity index (χ1v) is 5.03. The second-order valence-electron chi connectivity index (χ2n) is 2.73. The maximum absolute atomic E-state index is 10.9. The van der Waals surface area contributed by atoms with E-state index < -0.39 is 0 Å². The third kappa shape index (κ3) is 2.20. The molecule has 0 atom stereocenters. The summed E-state index contributed by atoms with van der Waals surface area (Å²) >= 11 is 1.67. The van der Waals surface area contributed by atoms with E-state index in [1.165, 1.54) is 17.3 Å². The molecule has 0 aliphatic carbocycles. The van der Waals surface area contributed by atoms with Crippen molar-refractivity contribution in [2.75, 3.05) is 5.32 Å². The van der Waals surface area contributed by atoms with Crippen LogP contribution in [0.25, 0.3) is 0 Å². The average Bonchev–Trinajstić information content (AvgIpc) is 2.67. The monoisotopic (exact) mass is 207 g/mol. The number of nitrogens with zero attached hydrogens (tertiary/aromatic N) is 1. The van der Waals surface area contributed by atoms with Crippen LogP contribution in [0.4, 0.5) is 5.82 Å². The van der Waals surface area contributed by atoms with E-state index in [0.717, 1.165) is 0 Å². The number of H-pyrrole nitrogens is 1. The molecule has 0 amide bonds. The minimum absolute atomic E-state index is 0.145. The number of nitrogens with one attached hydrogen (secondary N) is 2. The molecule has 5 heteroatoms. The molecular weight excluding hydrogens is 198 g/mol. The van der Waals surface area contributed by atoms with E-state index in [2.05, 4.69) is 15.3 Å². The van der Waals surface area contributed by atoms with E-state index in [0.29, 0.717) is 12.4 Å². The van der Waals surface area contributed by atoms with Gasteiger partial charge in [-0.2, -0.15) is 0 Å². The van der Waals surface area contributed by atoms with Gasteiger partial charge in [-0.1, -0.05) is 6.07 Å². The van der Waals surface area contributed by atoms with Crippen molar-refractivity contribution in [2.24, 2.45) is 0 Å². The first-order chi connectivity index (χ1) is 6.84. The van der Waals surface area contributed by atoms with Crippen molar-refractivity contribution in [3.05, 3.63) is 45.1 Å². The van der Waals surface area contributed by atoms with Crippen LogP contribution in [0.2, 0.25) is 0 Å². The molecule has 0 bridgehead atoms. The number of rotatable bonds is 3. The van der Waals surface area contributed by atoms with Crippen molar-refractivity contribution in [1.82, 2.24) is 9.97 Å². The van der Waals surface area contributed by atoms with Gasteiger partial charge in [0.15, 0.2) is 0 Å². The Bertz CT molecular complexity index is 449. The van der Waals surface area contributed by atoms with Crippen LogP contribution in [0.15, 0.2) is 34.7 Å². The highest BCUT2D eigenvalue weighted by molar-refractivity contribution is 7.09. The van der Waals surface area contributed by atoms with Crippen LogP contribution in [-0.2, 0) is 6.54 Å². The lowest BCUT2D eigenvalue weighted by atomic mass is 10.4. The topological polar surface area (TPSA) is 57.8 Å². The summed E-state index contributed by atoms with van der Waals surface area (Å²) in [4.78, 5) is 18.6. The quantitative estimate of drug-likeness (QED) is 0.800. The fraction of sp³-hybridized carbons (Fsp3) is 0.111. The maximum atomic E-state index is 10.9. The van der Waals surface area contributed by atoms with Crippen LogP contribution < -0.4 is 10.9 Å². The zero-order valence-electron chi connectivity index (χ0n) is 7.36. The van der Waals surface area contributed by atoms with Gasteiger partial charge in [-0.3, -0.25) is 4.79 Å². The summed E-state index contributed by atoms with van der Waals surface area (Å²) in [5.41, 5.74) is -0.145. The second kappa shape index (κ2) is 4.06. The summed E-state index contributed by atoms with van der Waals surface area (Å²) in [5.74, 6) is 0.599. The summed E-state index contributed by atoms with van der Waals surface area (Å²) in [5, 5.41) is 5.08. The molecule has 72 valence electrons. The molecule has 0 aromatic carbocycles. The van der Waals surface area contributed by atoms with Gasteiger partial charge in [0, 0.05) is 10.9 Å². The molecule has 2 N–H and O–H groups in total. The van der Waals surface area contributed by atoms with Gasteiger partial charge in [0.25, 0.3) is 5.56 Å². The highest BCUT2D eigenvalue weighted by Gasteiger charge is 1.95. The lowest BCUT2D eigenvalue weighted by Gasteiger charge is -2.01. The molecule has 0 unspecified atom stereocenters. The zero-order chi connectivity index (χ0) is 9.80. The number of hydrogen-bond acceptors (Lipinski definition) is 4. The molecule has 2 aromatic heterocycles. The Morgan fingerprint density at radius 1 is 1.57 bits per heavy atom. The van der Waals surface area contributed by atoms with Crippen molar-refractivity contribution >= 4 is 17.2 Å². The fourth-order valence-electron chi connectivity index (χ4n) is 1.06. The molecule has 0 saturated heterocycles. The Hall–Kier alpha value is -1.62. The van der Waals surface area contributed by atoms with E-state index in [4.69, 9.17) is 0 Å². The van der Waals surface area contributed by atoms with Gasteiger partial charge in [0.05, 0.1) is 12.9 Å². The standard InChI is InChI=1S/C9H9N3OS/c13-9-4-8(11-6-12-9)10-5-7-2-1-3-14-7/h1-4,6H,5H2,(H2,10,11,12,13). The summed E-state index contributed by atoms with van der Waals surface area (Å²) in [7, 11) is 0. The molecule has 0 saturated carbocycles. The maximum Gasteiger partial charge on any atom is 0.252 e. The van der Waals surface area contributed by atoms with Gasteiger partial charge in [0.2, 0.25) is 0 Å². The Balaban J connectivity index is 2.02. The van der Waals surface area contributed by atoms with Gasteiger partial charge < -0.3 is 10.3 Å². The highest BCUT2D eigenvalue weighted by atomic mass is 32.1. The molecular formula is C9H9N3OS. The number of thiophene rings is 1. The van der Waals surface area contributed by atoms with Crippen molar-refractivity contribution < 1.29 is 0 Å². The van der Waals surface area contributed by atoms with Gasteiger partial charge in [-0.15, -0.1) is 11.3 Å². The Kier molecular flexibility index (Phi) is 2.60. The van der Waals surface area contributed by atoms with Crippen molar-refractivity contribution in [1.29, 1.82) is 0 Å². The van der Waals surface area contributed by atoms with Crippen molar-refractivity contribution in [3.63, 3.8) is 0 Å². The molecule has 14 heavy (non-hydrogen) atoms. The number of aromatic amines is 1. The van der Waals surface area contributed by atoms with E-state index in [1.807, 2.05) is 17.5 Å². The van der Waals surface area contributed by atoms with Crippen LogP contribution >= 0.6 is 11.3 Å². The average molecular weight is 207 g/mol. The van der Waals surface area contributed by atoms with E-state index in [-0.39, 0.29) is 5.56 Å². The SMILES string of the molecule is O=c1cc(NCc2cccs2)nc[nH]1. The van der Waals surface area contributed by atoms with Crippen molar-refractivity contribution in [3.8, 4) is 0 Å². The normalized spacial score (nSPS) is 10.0. The molecule has 0 fully saturated rings. The summed E-state index contributed by atoms with van der Waals surface area (Å²) in [6.45, 7) is 0.702. The first kappa shape index (κ1) is 8.96. The van der Waals surface area contributed by atoms with Gasteiger partial charge in [0.1, 0.15) is 5.82 Å². The third-order valence-electron chi connectivity index (χ3n) is 1.70. The van der Waals surface area contributed by atoms with Crippen molar-refractivity contribution in [2.45, 2.75) is 6.54 Å². The molecule has 0 aliphatic heterocycles. The minimum Gasteiger partial charge on any atom is -0.365 e. The molecule has 0 spiro atoms. The van der Waals surface area contributed by atoms with Gasteiger partial charge in [-0.05, 0) is 11.4 Å². The van der Waals surface area contributed by atoms with Crippen LogP contribution in [0.1, 0.15) is 4.88 Å². The summed E-state index contributed by atoms with van der Waals surface area (Å²) in [6.07, 6.45) is 1.39. The van der Waals surface area contributed by atoms with Gasteiger partial charge >= 0.3 is 0 Å². The predicted octanol–water partition coefficient (Wildman–Crippen LogP) is 1.44. The van der Waals surface area contributed by atoms with Crippen LogP contribution in [0.3, 0.4) is 0 Å². The smallest absolute Gasteiger partial charge is 0.252 e. The second-order valence-corrected chi connectivity index (χ2v) is 3.76. The molecule has 4 nitrogen and oxygen atoms in total. The minimum atomic E-state index is -0.145. The number of hydrogen-bond donors (Lipinski definition) is 2. The molecule has 2 heterocycles. The fourth-order valence-corrected chi connectivity index (χ4v) is 1.70. The molecule has 2 rings (SSSR count). The first-order valence-electron chi connectivity index (χ1n) is 4.15. The van der Waals surface area contributed by atoms with Crippen LogP contribution in [0.5, 0.6) is 0 Å². The van der Waals surface area contributed by atoms with E-state index in [9.17, 15) is 4.79 Å². The largest absolute Gasteiger partial charge is 0.365 e. The molecule has 0 radical (unpaired) electrons. The Morgan fingerprint density at radius 3 is 3.21 bits per heavy atom. The van der Waals surface area contributed by atoms with Gasteiger partial charge in [-0.25, -0.2) is 4.98 Å². The third-order valence-corrected chi connectivity index (χ3v) is 2.58. The predicted molar refractivity (Wildman–Crippen MR) is 56.5 cm³/mol. The van der Waals surface area contributed by atoms with Crippen LogP contribution in [-0.4, -0.2) is 9.97 Å².